The van der Waals surface area contributed by atoms with Crippen molar-refractivity contribution in [3.8, 4) is 0 Å². The van der Waals surface area contributed by atoms with Crippen molar-refractivity contribution in [3.63, 3.8) is 0 Å². The first-order chi connectivity index (χ1) is 9.47. The lowest BCUT2D eigenvalue weighted by Crippen LogP contribution is -2.14. The summed E-state index contributed by atoms with van der Waals surface area (Å²) in [5.41, 5.74) is 1.39. The highest BCUT2D eigenvalue weighted by molar-refractivity contribution is 6.33. The Morgan fingerprint density at radius 1 is 1.00 bits per heavy atom. The third kappa shape index (κ3) is 3.66. The Bertz CT molecular complexity index is 624. The predicted molar refractivity (Wildman–Crippen MR) is 82.0 cm³/mol. The quantitative estimate of drug-likeness (QED) is 0.851. The summed E-state index contributed by atoms with van der Waals surface area (Å²) in [4.78, 5) is 11.5. The lowest BCUT2D eigenvalue weighted by atomic mass is 9.92. The SMILES string of the molecule is O=C(O)C(Cc1cc(Cl)ccc1Cl)c1ccc(Cl)cc1. The summed E-state index contributed by atoms with van der Waals surface area (Å²) in [6.07, 6.45) is 0.274. The van der Waals surface area contributed by atoms with E-state index in [1.807, 2.05) is 0 Å². The van der Waals surface area contributed by atoms with Crippen LogP contribution < -0.4 is 0 Å². The van der Waals surface area contributed by atoms with Crippen molar-refractivity contribution in [1.82, 2.24) is 0 Å². The fraction of sp³-hybridized carbons (Fsp3) is 0.133. The normalized spacial score (nSPS) is 12.2. The van der Waals surface area contributed by atoms with Gasteiger partial charge in [0.05, 0.1) is 5.92 Å². The summed E-state index contributed by atoms with van der Waals surface area (Å²) >= 11 is 17.8. The summed E-state index contributed by atoms with van der Waals surface area (Å²) in [5.74, 6) is -1.61. The number of hydrogen-bond acceptors (Lipinski definition) is 1. The predicted octanol–water partition coefficient (Wildman–Crippen LogP) is 5.06. The molecule has 1 unspecified atom stereocenters. The molecule has 0 aliphatic carbocycles. The molecule has 0 bridgehead atoms. The molecule has 2 aromatic rings. The minimum atomic E-state index is -0.914. The molecule has 104 valence electrons. The van der Waals surface area contributed by atoms with Crippen LogP contribution in [0.25, 0.3) is 0 Å². The first-order valence-electron chi connectivity index (χ1n) is 5.89. The largest absolute Gasteiger partial charge is 0.481 e. The second-order valence-electron chi connectivity index (χ2n) is 4.38. The molecule has 2 nitrogen and oxygen atoms in total. The molecule has 0 saturated heterocycles. The van der Waals surface area contributed by atoms with E-state index in [0.29, 0.717) is 26.2 Å². The molecule has 0 spiro atoms. The molecule has 0 saturated carbocycles. The van der Waals surface area contributed by atoms with Crippen LogP contribution in [0, 0.1) is 0 Å². The lowest BCUT2D eigenvalue weighted by molar-refractivity contribution is -0.138. The Morgan fingerprint density at radius 2 is 1.60 bits per heavy atom. The van der Waals surface area contributed by atoms with Gasteiger partial charge in [0.2, 0.25) is 0 Å². The van der Waals surface area contributed by atoms with E-state index < -0.39 is 11.9 Å². The van der Waals surface area contributed by atoms with Crippen LogP contribution >= 0.6 is 34.8 Å². The average molecular weight is 330 g/mol. The van der Waals surface area contributed by atoms with Crippen LogP contribution in [0.1, 0.15) is 17.0 Å². The van der Waals surface area contributed by atoms with Crippen molar-refractivity contribution < 1.29 is 9.90 Å². The van der Waals surface area contributed by atoms with Crippen molar-refractivity contribution in [2.24, 2.45) is 0 Å². The fourth-order valence-corrected chi connectivity index (χ4v) is 2.48. The van der Waals surface area contributed by atoms with Gasteiger partial charge in [-0.3, -0.25) is 4.79 Å². The molecule has 0 amide bonds. The van der Waals surface area contributed by atoms with E-state index in [1.165, 1.54) is 0 Å². The van der Waals surface area contributed by atoms with Crippen LogP contribution in [0.15, 0.2) is 42.5 Å². The summed E-state index contributed by atoms with van der Waals surface area (Å²) in [7, 11) is 0. The first-order valence-corrected chi connectivity index (χ1v) is 7.03. The second kappa shape index (κ2) is 6.49. The number of carbonyl (C=O) groups is 1. The molecular formula is C15H11Cl3O2. The van der Waals surface area contributed by atoms with Gasteiger partial charge >= 0.3 is 5.97 Å². The molecule has 0 aliphatic heterocycles. The fourth-order valence-electron chi connectivity index (χ4n) is 1.96. The van der Waals surface area contributed by atoms with Crippen molar-refractivity contribution >= 4 is 40.8 Å². The monoisotopic (exact) mass is 328 g/mol. The van der Waals surface area contributed by atoms with Gasteiger partial charge in [0, 0.05) is 15.1 Å². The molecule has 20 heavy (non-hydrogen) atoms. The van der Waals surface area contributed by atoms with E-state index in [0.717, 1.165) is 0 Å². The molecule has 5 heteroatoms. The minimum Gasteiger partial charge on any atom is -0.481 e. The van der Waals surface area contributed by atoms with E-state index in [4.69, 9.17) is 34.8 Å². The van der Waals surface area contributed by atoms with Gasteiger partial charge in [-0.05, 0) is 47.9 Å². The zero-order valence-electron chi connectivity index (χ0n) is 10.3. The summed E-state index contributed by atoms with van der Waals surface area (Å²) in [6, 6.07) is 11.8. The maximum Gasteiger partial charge on any atom is 0.311 e. The van der Waals surface area contributed by atoms with Gasteiger partial charge in [0.15, 0.2) is 0 Å². The van der Waals surface area contributed by atoms with E-state index in [9.17, 15) is 9.90 Å². The van der Waals surface area contributed by atoms with Gasteiger partial charge in [-0.1, -0.05) is 46.9 Å². The van der Waals surface area contributed by atoms with E-state index >= 15 is 0 Å². The zero-order valence-corrected chi connectivity index (χ0v) is 12.6. The van der Waals surface area contributed by atoms with E-state index in [1.54, 1.807) is 42.5 Å². The Kier molecular flexibility index (Phi) is 4.92. The van der Waals surface area contributed by atoms with Crippen molar-refractivity contribution in [1.29, 1.82) is 0 Å². The van der Waals surface area contributed by atoms with Gasteiger partial charge in [0.25, 0.3) is 0 Å². The zero-order chi connectivity index (χ0) is 14.7. The van der Waals surface area contributed by atoms with E-state index in [-0.39, 0.29) is 6.42 Å². The lowest BCUT2D eigenvalue weighted by Gasteiger charge is -2.14. The summed E-state index contributed by atoms with van der Waals surface area (Å²) in [6.45, 7) is 0. The number of carboxylic acids is 1. The van der Waals surface area contributed by atoms with Crippen molar-refractivity contribution in [3.05, 3.63) is 68.7 Å². The molecule has 0 aliphatic rings. The van der Waals surface area contributed by atoms with Gasteiger partial charge < -0.3 is 5.11 Å². The van der Waals surface area contributed by atoms with Gasteiger partial charge in [-0.15, -0.1) is 0 Å². The highest BCUT2D eigenvalue weighted by Gasteiger charge is 2.21. The molecular weight excluding hydrogens is 319 g/mol. The molecule has 0 radical (unpaired) electrons. The van der Waals surface area contributed by atoms with Crippen molar-refractivity contribution in [2.75, 3.05) is 0 Å². The maximum absolute atomic E-state index is 11.5. The third-order valence-corrected chi connectivity index (χ3v) is 3.86. The number of hydrogen-bond donors (Lipinski definition) is 1. The molecule has 1 atom stereocenters. The molecule has 2 rings (SSSR count). The smallest absolute Gasteiger partial charge is 0.311 e. The molecule has 0 heterocycles. The Hall–Kier alpha value is -1.22. The Labute approximate surface area is 131 Å². The minimum absolute atomic E-state index is 0.274. The highest BCUT2D eigenvalue weighted by atomic mass is 35.5. The maximum atomic E-state index is 11.5. The topological polar surface area (TPSA) is 37.3 Å². The number of rotatable bonds is 4. The first kappa shape index (κ1) is 15.2. The van der Waals surface area contributed by atoms with Gasteiger partial charge in [-0.25, -0.2) is 0 Å². The molecule has 0 fully saturated rings. The molecule has 0 aromatic heterocycles. The number of benzene rings is 2. The van der Waals surface area contributed by atoms with E-state index in [2.05, 4.69) is 0 Å². The van der Waals surface area contributed by atoms with Crippen LogP contribution in [0.2, 0.25) is 15.1 Å². The third-order valence-electron chi connectivity index (χ3n) is 3.00. The van der Waals surface area contributed by atoms with Gasteiger partial charge in [0.1, 0.15) is 0 Å². The van der Waals surface area contributed by atoms with Crippen LogP contribution in [0.4, 0.5) is 0 Å². The van der Waals surface area contributed by atoms with Crippen molar-refractivity contribution in [2.45, 2.75) is 12.3 Å². The van der Waals surface area contributed by atoms with Crippen LogP contribution in [-0.4, -0.2) is 11.1 Å². The van der Waals surface area contributed by atoms with Crippen LogP contribution in [0.5, 0.6) is 0 Å². The standard InChI is InChI=1S/C15H11Cl3O2/c16-11-3-1-9(2-4-11)13(15(19)20)8-10-7-12(17)5-6-14(10)18/h1-7,13H,8H2,(H,19,20). The number of aliphatic carboxylic acids is 1. The summed E-state index contributed by atoms with van der Waals surface area (Å²) in [5, 5.41) is 11.0. The van der Waals surface area contributed by atoms with Crippen LogP contribution in [0.3, 0.4) is 0 Å². The molecule has 1 N–H and O–H groups in total. The molecule has 2 aromatic carbocycles. The highest BCUT2D eigenvalue weighted by Crippen LogP contribution is 2.28. The number of carboxylic acid groups (broad SMARTS) is 1. The van der Waals surface area contributed by atoms with Gasteiger partial charge in [-0.2, -0.15) is 0 Å². The average Bonchev–Trinajstić information content (AvgIpc) is 2.40. The second-order valence-corrected chi connectivity index (χ2v) is 5.66. The Balaban J connectivity index is 2.32. The Morgan fingerprint density at radius 3 is 2.20 bits per heavy atom. The summed E-state index contributed by atoms with van der Waals surface area (Å²) < 4.78 is 0. The number of halogens is 3. The van der Waals surface area contributed by atoms with Crippen LogP contribution in [-0.2, 0) is 11.2 Å².